The Balaban J connectivity index is 1.46. The number of carbonyl (C=O) groups excluding carboxylic acids is 1. The Kier molecular flexibility index (Phi) is 4.77. The molecule has 0 saturated carbocycles. The molecule has 3 aromatic rings. The number of aryl methyl sites for hydroxylation is 1. The number of carbonyl (C=O) groups is 1. The molecule has 2 aromatic heterocycles. The maximum Gasteiger partial charge on any atom is 0.267 e. The number of amides is 1. The van der Waals surface area contributed by atoms with E-state index in [0.717, 1.165) is 18.7 Å². The van der Waals surface area contributed by atoms with Gasteiger partial charge in [0.1, 0.15) is 10.6 Å². The van der Waals surface area contributed by atoms with Crippen molar-refractivity contribution in [1.82, 2.24) is 14.3 Å². The van der Waals surface area contributed by atoms with Gasteiger partial charge in [0, 0.05) is 49.8 Å². The summed E-state index contributed by atoms with van der Waals surface area (Å²) < 4.78 is 4.41. The van der Waals surface area contributed by atoms with Crippen molar-refractivity contribution >= 4 is 28.8 Å². The maximum atomic E-state index is 12.9. The van der Waals surface area contributed by atoms with Crippen LogP contribution in [0.2, 0.25) is 0 Å². The minimum Gasteiger partial charge on any atom is -0.396 e. The highest BCUT2D eigenvalue weighted by atomic mass is 32.1. The summed E-state index contributed by atoms with van der Waals surface area (Å²) in [7, 11) is 0. The van der Waals surface area contributed by atoms with Crippen LogP contribution in [0.4, 0.5) is 11.4 Å². The third kappa shape index (κ3) is 3.50. The van der Waals surface area contributed by atoms with E-state index in [2.05, 4.69) is 45.4 Å². The zero-order valence-electron chi connectivity index (χ0n) is 15.1. The van der Waals surface area contributed by atoms with E-state index in [1.54, 1.807) is 12.4 Å². The average Bonchev–Trinajstić information content (AvgIpc) is 3.09. The van der Waals surface area contributed by atoms with Gasteiger partial charge in [-0.3, -0.25) is 9.78 Å². The zero-order chi connectivity index (χ0) is 18.8. The highest BCUT2D eigenvalue weighted by Crippen LogP contribution is 2.31. The summed E-state index contributed by atoms with van der Waals surface area (Å²) >= 11 is 1.17. The second-order valence-corrected chi connectivity index (χ2v) is 7.40. The highest BCUT2D eigenvalue weighted by Gasteiger charge is 2.26. The second-order valence-electron chi connectivity index (χ2n) is 6.63. The van der Waals surface area contributed by atoms with Gasteiger partial charge in [0.15, 0.2) is 0 Å². The number of piperazine rings is 1. The van der Waals surface area contributed by atoms with E-state index >= 15 is 0 Å². The number of nitrogen functional groups attached to an aromatic ring is 1. The molecule has 0 atom stereocenters. The summed E-state index contributed by atoms with van der Waals surface area (Å²) in [6, 6.07) is 12.2. The molecule has 7 heteroatoms. The van der Waals surface area contributed by atoms with Crippen molar-refractivity contribution < 1.29 is 4.79 Å². The Bertz CT molecular complexity index is 948. The van der Waals surface area contributed by atoms with Crippen LogP contribution < -0.4 is 10.6 Å². The van der Waals surface area contributed by atoms with Gasteiger partial charge in [-0.1, -0.05) is 12.1 Å². The standard InChI is InChI=1S/C20H21N5OS/c1-14-3-2-4-16(13-14)24-9-11-25(12-10-24)20(26)19-17(21)18(23-27-19)15-5-7-22-8-6-15/h2-8,13H,9-12,21H2,1H3. The molecule has 1 amide bonds. The highest BCUT2D eigenvalue weighted by molar-refractivity contribution is 7.09. The molecule has 4 rings (SSSR count). The van der Waals surface area contributed by atoms with Crippen LogP contribution in [0, 0.1) is 6.92 Å². The quantitative estimate of drug-likeness (QED) is 0.757. The van der Waals surface area contributed by atoms with Gasteiger partial charge in [0.25, 0.3) is 5.91 Å². The molecule has 0 bridgehead atoms. The third-order valence-electron chi connectivity index (χ3n) is 4.81. The minimum atomic E-state index is -0.0331. The molecule has 0 unspecified atom stereocenters. The zero-order valence-corrected chi connectivity index (χ0v) is 15.9. The summed E-state index contributed by atoms with van der Waals surface area (Å²) in [6.07, 6.45) is 3.39. The molecule has 0 aliphatic carbocycles. The Morgan fingerprint density at radius 1 is 1.11 bits per heavy atom. The van der Waals surface area contributed by atoms with Gasteiger partial charge in [-0.15, -0.1) is 0 Å². The number of hydrogen-bond acceptors (Lipinski definition) is 6. The van der Waals surface area contributed by atoms with Crippen LogP contribution in [0.3, 0.4) is 0 Å². The molecule has 1 saturated heterocycles. The predicted octanol–water partition coefficient (Wildman–Crippen LogP) is 3.06. The van der Waals surface area contributed by atoms with Crippen LogP contribution in [-0.2, 0) is 0 Å². The predicted molar refractivity (Wildman–Crippen MR) is 109 cm³/mol. The molecular formula is C20H21N5OS. The van der Waals surface area contributed by atoms with Gasteiger partial charge in [-0.2, -0.15) is 4.37 Å². The molecule has 0 spiro atoms. The van der Waals surface area contributed by atoms with E-state index in [1.165, 1.54) is 22.8 Å². The summed E-state index contributed by atoms with van der Waals surface area (Å²) in [5.74, 6) is -0.0331. The Morgan fingerprint density at radius 2 is 1.85 bits per heavy atom. The Hall–Kier alpha value is -2.93. The molecule has 138 valence electrons. The first kappa shape index (κ1) is 17.5. The van der Waals surface area contributed by atoms with Crippen molar-refractivity contribution in [2.75, 3.05) is 36.8 Å². The summed E-state index contributed by atoms with van der Waals surface area (Å²) in [5, 5.41) is 0. The van der Waals surface area contributed by atoms with Crippen molar-refractivity contribution in [3.63, 3.8) is 0 Å². The van der Waals surface area contributed by atoms with Crippen LogP contribution in [-0.4, -0.2) is 46.3 Å². The third-order valence-corrected chi connectivity index (χ3v) is 5.66. The molecule has 6 nitrogen and oxygen atoms in total. The number of pyridine rings is 1. The smallest absolute Gasteiger partial charge is 0.267 e. The van der Waals surface area contributed by atoms with E-state index in [4.69, 9.17) is 5.73 Å². The monoisotopic (exact) mass is 379 g/mol. The lowest BCUT2D eigenvalue weighted by molar-refractivity contribution is 0.0752. The number of aromatic nitrogens is 2. The molecule has 0 radical (unpaired) electrons. The molecule has 1 aromatic carbocycles. The van der Waals surface area contributed by atoms with Crippen molar-refractivity contribution in [3.8, 4) is 11.3 Å². The van der Waals surface area contributed by atoms with Crippen LogP contribution in [0.5, 0.6) is 0 Å². The van der Waals surface area contributed by atoms with Gasteiger partial charge in [0.2, 0.25) is 0 Å². The van der Waals surface area contributed by atoms with Crippen LogP contribution in [0.1, 0.15) is 15.2 Å². The number of nitrogens with zero attached hydrogens (tertiary/aromatic N) is 4. The molecular weight excluding hydrogens is 358 g/mol. The van der Waals surface area contributed by atoms with E-state index in [0.29, 0.717) is 29.3 Å². The molecule has 1 aliphatic rings. The van der Waals surface area contributed by atoms with Crippen molar-refractivity contribution in [1.29, 1.82) is 0 Å². The maximum absolute atomic E-state index is 12.9. The number of hydrogen-bond donors (Lipinski definition) is 1. The molecule has 1 aliphatic heterocycles. The lowest BCUT2D eigenvalue weighted by Crippen LogP contribution is -2.48. The molecule has 2 N–H and O–H groups in total. The van der Waals surface area contributed by atoms with Gasteiger partial charge in [-0.25, -0.2) is 0 Å². The van der Waals surface area contributed by atoms with Gasteiger partial charge < -0.3 is 15.5 Å². The first-order valence-corrected chi connectivity index (χ1v) is 9.67. The van der Waals surface area contributed by atoms with E-state index in [1.807, 2.05) is 17.0 Å². The number of nitrogens with two attached hydrogens (primary N) is 1. The Morgan fingerprint density at radius 3 is 2.56 bits per heavy atom. The molecule has 1 fully saturated rings. The van der Waals surface area contributed by atoms with Crippen LogP contribution in [0.25, 0.3) is 11.3 Å². The van der Waals surface area contributed by atoms with Gasteiger partial charge in [0.05, 0.1) is 5.69 Å². The minimum absolute atomic E-state index is 0.0331. The molecule has 27 heavy (non-hydrogen) atoms. The first-order valence-electron chi connectivity index (χ1n) is 8.90. The fourth-order valence-corrected chi connectivity index (χ4v) is 4.09. The van der Waals surface area contributed by atoms with Gasteiger partial charge >= 0.3 is 0 Å². The lowest BCUT2D eigenvalue weighted by atomic mass is 10.1. The van der Waals surface area contributed by atoms with E-state index in [-0.39, 0.29) is 5.91 Å². The largest absolute Gasteiger partial charge is 0.396 e. The van der Waals surface area contributed by atoms with Gasteiger partial charge in [-0.05, 0) is 48.3 Å². The topological polar surface area (TPSA) is 75.3 Å². The SMILES string of the molecule is Cc1cccc(N2CCN(C(=O)c3snc(-c4ccncc4)c3N)CC2)c1. The van der Waals surface area contributed by atoms with Crippen molar-refractivity contribution in [2.45, 2.75) is 6.92 Å². The van der Waals surface area contributed by atoms with E-state index in [9.17, 15) is 4.79 Å². The summed E-state index contributed by atoms with van der Waals surface area (Å²) in [4.78, 5) is 21.7. The fourth-order valence-electron chi connectivity index (χ4n) is 3.31. The summed E-state index contributed by atoms with van der Waals surface area (Å²) in [6.45, 7) is 5.07. The lowest BCUT2D eigenvalue weighted by Gasteiger charge is -2.36. The number of benzene rings is 1. The number of rotatable bonds is 3. The Labute approximate surface area is 162 Å². The summed E-state index contributed by atoms with van der Waals surface area (Å²) in [5.41, 5.74) is 10.7. The van der Waals surface area contributed by atoms with Crippen molar-refractivity contribution in [3.05, 3.63) is 59.2 Å². The first-order chi connectivity index (χ1) is 13.1. The fraction of sp³-hybridized carbons (Fsp3) is 0.250. The van der Waals surface area contributed by atoms with E-state index < -0.39 is 0 Å². The van der Waals surface area contributed by atoms with Crippen LogP contribution in [0.15, 0.2) is 48.8 Å². The molecule has 3 heterocycles. The van der Waals surface area contributed by atoms with Crippen molar-refractivity contribution in [2.24, 2.45) is 0 Å². The second kappa shape index (κ2) is 7.36. The number of anilines is 2. The average molecular weight is 379 g/mol. The van der Waals surface area contributed by atoms with Crippen LogP contribution >= 0.6 is 11.5 Å². The normalized spacial score (nSPS) is 14.4.